The topological polar surface area (TPSA) is 80.5 Å². The van der Waals surface area contributed by atoms with Crippen molar-refractivity contribution >= 4 is 42.3 Å². The number of carboxylic acids is 1. The molecular weight excluding hydrogens is 386 g/mol. The molecule has 152 valence electrons. The SMILES string of the molecule is CC1(C)CN=C(CC2CCN(C=N[C@@H]3CN4[C@@H](C(=O)O)CS[C@H]34)CC2)N1.Cl. The number of fused-ring (bicyclic) bond motifs is 1. The lowest BCUT2D eigenvalue weighted by atomic mass is 9.93. The molecular formula is C18H30ClN5O2S. The highest BCUT2D eigenvalue weighted by Crippen LogP contribution is 2.40. The molecule has 0 aromatic carbocycles. The predicted octanol–water partition coefficient (Wildman–Crippen LogP) is 1.53. The van der Waals surface area contributed by atoms with Gasteiger partial charge in [-0.2, -0.15) is 0 Å². The summed E-state index contributed by atoms with van der Waals surface area (Å²) in [5.74, 6) is 1.88. The van der Waals surface area contributed by atoms with E-state index in [4.69, 9.17) is 4.99 Å². The number of hydrogen-bond donors (Lipinski definition) is 2. The largest absolute Gasteiger partial charge is 0.480 e. The molecule has 0 amide bonds. The standard InChI is InChI=1S/C18H29N5O2S.ClH/c1-18(2)10-19-15(21-18)7-12-3-5-22(6-4-12)11-20-13-8-23-14(17(24)25)9-26-16(13)23;/h11-14,16H,3-10H2,1-2H3,(H,19,21)(H,24,25);1H/t13-,14-,16-;/m1./s1. The maximum absolute atomic E-state index is 11.2. The number of aliphatic carboxylic acids is 1. The Morgan fingerprint density at radius 3 is 2.81 bits per heavy atom. The number of carbonyl (C=O) groups is 1. The van der Waals surface area contributed by atoms with E-state index in [9.17, 15) is 9.90 Å². The molecule has 4 aliphatic heterocycles. The van der Waals surface area contributed by atoms with Crippen molar-refractivity contribution in [2.45, 2.75) is 56.1 Å². The highest BCUT2D eigenvalue weighted by atomic mass is 35.5. The Hall–Kier alpha value is -0.990. The second-order valence-electron chi connectivity index (χ2n) is 8.56. The Morgan fingerprint density at radius 2 is 2.19 bits per heavy atom. The zero-order valence-corrected chi connectivity index (χ0v) is 17.6. The molecule has 0 aromatic heterocycles. The third-order valence-electron chi connectivity index (χ3n) is 5.86. The molecule has 0 aliphatic carbocycles. The van der Waals surface area contributed by atoms with Gasteiger partial charge in [-0.1, -0.05) is 0 Å². The second-order valence-corrected chi connectivity index (χ2v) is 9.71. The van der Waals surface area contributed by atoms with Crippen molar-refractivity contribution in [2.75, 3.05) is 31.9 Å². The number of nitrogens with one attached hydrogen (secondary N) is 1. The van der Waals surface area contributed by atoms with E-state index in [2.05, 4.69) is 34.0 Å². The Bertz CT molecular complexity index is 621. The molecule has 0 saturated carbocycles. The lowest BCUT2D eigenvalue weighted by molar-refractivity contribution is -0.144. The minimum Gasteiger partial charge on any atom is -0.480 e. The molecule has 9 heteroatoms. The second kappa shape index (κ2) is 8.17. The number of nitrogens with zero attached hydrogens (tertiary/aromatic N) is 4. The monoisotopic (exact) mass is 415 g/mol. The van der Waals surface area contributed by atoms with Gasteiger partial charge < -0.3 is 15.3 Å². The molecule has 2 N–H and O–H groups in total. The normalized spacial score (nSPS) is 33.2. The molecule has 3 fully saturated rings. The van der Waals surface area contributed by atoms with Crippen LogP contribution in [0.15, 0.2) is 9.98 Å². The van der Waals surface area contributed by atoms with Crippen LogP contribution in [0.5, 0.6) is 0 Å². The summed E-state index contributed by atoms with van der Waals surface area (Å²) in [6.07, 6.45) is 5.45. The molecule has 0 bridgehead atoms. The van der Waals surface area contributed by atoms with Crippen LogP contribution in [0.4, 0.5) is 0 Å². The first-order valence-electron chi connectivity index (χ1n) is 9.60. The van der Waals surface area contributed by atoms with E-state index < -0.39 is 5.97 Å². The van der Waals surface area contributed by atoms with Gasteiger partial charge in [0.05, 0.1) is 35.7 Å². The van der Waals surface area contributed by atoms with Crippen molar-refractivity contribution < 1.29 is 9.90 Å². The number of likely N-dealkylation sites (tertiary alicyclic amines) is 1. The van der Waals surface area contributed by atoms with Crippen LogP contribution >= 0.6 is 24.2 Å². The van der Waals surface area contributed by atoms with Crippen LogP contribution < -0.4 is 5.32 Å². The number of aliphatic imine (C=N–C) groups is 2. The quantitative estimate of drug-likeness (QED) is 0.523. The molecule has 4 heterocycles. The van der Waals surface area contributed by atoms with Crippen LogP contribution in [0.1, 0.15) is 33.1 Å². The first-order valence-corrected chi connectivity index (χ1v) is 10.7. The van der Waals surface area contributed by atoms with Crippen LogP contribution in [0.3, 0.4) is 0 Å². The van der Waals surface area contributed by atoms with Crippen molar-refractivity contribution in [3.8, 4) is 0 Å². The molecule has 3 saturated heterocycles. The smallest absolute Gasteiger partial charge is 0.321 e. The molecule has 27 heavy (non-hydrogen) atoms. The zero-order valence-electron chi connectivity index (χ0n) is 16.0. The number of piperidine rings is 1. The van der Waals surface area contributed by atoms with Crippen molar-refractivity contribution in [2.24, 2.45) is 15.9 Å². The van der Waals surface area contributed by atoms with Crippen LogP contribution in [0.25, 0.3) is 0 Å². The van der Waals surface area contributed by atoms with Gasteiger partial charge in [-0.05, 0) is 32.6 Å². The first-order chi connectivity index (χ1) is 12.4. The number of rotatable bonds is 5. The van der Waals surface area contributed by atoms with E-state index in [-0.39, 0.29) is 35.4 Å². The number of carboxylic acid groups (broad SMARTS) is 1. The third kappa shape index (κ3) is 4.54. The molecule has 3 atom stereocenters. The van der Waals surface area contributed by atoms with Gasteiger partial charge in [0.1, 0.15) is 6.04 Å². The van der Waals surface area contributed by atoms with Gasteiger partial charge in [-0.3, -0.25) is 19.7 Å². The fourth-order valence-electron chi connectivity index (χ4n) is 4.23. The van der Waals surface area contributed by atoms with Gasteiger partial charge in [0, 0.05) is 31.8 Å². The number of thioether (sulfide) groups is 1. The predicted molar refractivity (Wildman–Crippen MR) is 112 cm³/mol. The van der Waals surface area contributed by atoms with Crippen molar-refractivity contribution in [1.29, 1.82) is 0 Å². The Labute approximate surface area is 171 Å². The Kier molecular flexibility index (Phi) is 6.27. The third-order valence-corrected chi connectivity index (χ3v) is 7.30. The molecule has 0 spiro atoms. The lowest BCUT2D eigenvalue weighted by Crippen LogP contribution is -2.59. The summed E-state index contributed by atoms with van der Waals surface area (Å²) in [6, 6.07) is -0.0642. The summed E-state index contributed by atoms with van der Waals surface area (Å²) in [6.45, 7) is 8.17. The summed E-state index contributed by atoms with van der Waals surface area (Å²) in [4.78, 5) is 25.0. The summed E-state index contributed by atoms with van der Waals surface area (Å²) >= 11 is 1.73. The molecule has 4 aliphatic rings. The van der Waals surface area contributed by atoms with E-state index in [1.54, 1.807) is 11.8 Å². The van der Waals surface area contributed by atoms with E-state index in [1.807, 2.05) is 6.34 Å². The Balaban J connectivity index is 0.00000210. The van der Waals surface area contributed by atoms with Crippen molar-refractivity contribution in [1.82, 2.24) is 15.1 Å². The van der Waals surface area contributed by atoms with Gasteiger partial charge in [0.2, 0.25) is 0 Å². The highest BCUT2D eigenvalue weighted by Gasteiger charge is 2.50. The maximum atomic E-state index is 11.2. The fourth-order valence-corrected chi connectivity index (χ4v) is 5.74. The molecule has 0 radical (unpaired) electrons. The average molecular weight is 416 g/mol. The Morgan fingerprint density at radius 1 is 1.44 bits per heavy atom. The first kappa shape index (κ1) is 20.7. The van der Waals surface area contributed by atoms with Crippen LogP contribution in [-0.4, -0.2) is 88.0 Å². The minimum absolute atomic E-state index is 0. The van der Waals surface area contributed by atoms with Crippen LogP contribution in [0, 0.1) is 5.92 Å². The van der Waals surface area contributed by atoms with Crippen molar-refractivity contribution in [3.05, 3.63) is 0 Å². The number of hydrogen-bond acceptors (Lipinski definition) is 6. The average Bonchev–Trinajstić information content (AvgIpc) is 3.09. The fraction of sp³-hybridized carbons (Fsp3) is 0.833. The molecule has 4 rings (SSSR count). The molecule has 7 nitrogen and oxygen atoms in total. The van der Waals surface area contributed by atoms with Crippen molar-refractivity contribution in [3.63, 3.8) is 0 Å². The highest BCUT2D eigenvalue weighted by molar-refractivity contribution is 8.00. The summed E-state index contributed by atoms with van der Waals surface area (Å²) in [5.41, 5.74) is 0.122. The van der Waals surface area contributed by atoms with E-state index in [0.29, 0.717) is 11.7 Å². The number of halogens is 1. The van der Waals surface area contributed by atoms with Gasteiger partial charge in [-0.15, -0.1) is 24.2 Å². The van der Waals surface area contributed by atoms with Crippen LogP contribution in [0.2, 0.25) is 0 Å². The van der Waals surface area contributed by atoms with Gasteiger partial charge in [0.15, 0.2) is 0 Å². The lowest BCUT2D eigenvalue weighted by Gasteiger charge is -2.42. The zero-order chi connectivity index (χ0) is 18.3. The van der Waals surface area contributed by atoms with E-state index in [0.717, 1.165) is 32.6 Å². The molecule has 0 aromatic rings. The maximum Gasteiger partial charge on any atom is 0.321 e. The molecule has 0 unspecified atom stereocenters. The van der Waals surface area contributed by atoms with Gasteiger partial charge in [-0.25, -0.2) is 0 Å². The summed E-state index contributed by atoms with van der Waals surface area (Å²) in [7, 11) is 0. The van der Waals surface area contributed by atoms with Gasteiger partial charge >= 0.3 is 5.97 Å². The van der Waals surface area contributed by atoms with Crippen LogP contribution in [-0.2, 0) is 4.79 Å². The van der Waals surface area contributed by atoms with E-state index >= 15 is 0 Å². The minimum atomic E-state index is -0.700. The summed E-state index contributed by atoms with van der Waals surface area (Å²) in [5, 5.41) is 13.0. The van der Waals surface area contributed by atoms with E-state index in [1.165, 1.54) is 18.7 Å². The number of amidine groups is 1. The summed E-state index contributed by atoms with van der Waals surface area (Å²) < 4.78 is 0. The van der Waals surface area contributed by atoms with Gasteiger partial charge in [0.25, 0.3) is 0 Å².